The number of hydrogen-bond acceptors (Lipinski definition) is 7. The van der Waals surface area contributed by atoms with E-state index in [0.29, 0.717) is 10.8 Å². The van der Waals surface area contributed by atoms with Crippen molar-refractivity contribution in [1.29, 1.82) is 0 Å². The van der Waals surface area contributed by atoms with Crippen molar-refractivity contribution in [2.45, 2.75) is 17.7 Å². The summed E-state index contributed by atoms with van der Waals surface area (Å²) < 4.78 is 37.7. The van der Waals surface area contributed by atoms with E-state index in [0.717, 1.165) is 12.1 Å². The molecule has 0 amide bonds. The van der Waals surface area contributed by atoms with Gasteiger partial charge in [-0.25, -0.2) is 8.42 Å². The molecule has 32 heavy (non-hydrogen) atoms. The summed E-state index contributed by atoms with van der Waals surface area (Å²) in [5, 5.41) is 11.4. The lowest BCUT2D eigenvalue weighted by atomic mass is 9.98. The van der Waals surface area contributed by atoms with E-state index in [9.17, 15) is 23.3 Å². The molecule has 0 N–H and O–H groups in total. The molecule has 1 aliphatic rings. The summed E-state index contributed by atoms with van der Waals surface area (Å²) in [5.74, 6) is -0.315. The van der Waals surface area contributed by atoms with E-state index in [1.54, 1.807) is 24.3 Å². The normalized spacial score (nSPS) is 15.3. The number of nitrogens with zero attached hydrogens (tertiary/aromatic N) is 2. The number of carbonyl (C=O) groups excluding carboxylic acids is 1. The second kappa shape index (κ2) is 10.5. The van der Waals surface area contributed by atoms with Gasteiger partial charge in [0.2, 0.25) is 10.0 Å². The summed E-state index contributed by atoms with van der Waals surface area (Å²) in [5.41, 5.74) is -0.369. The molecule has 1 heterocycles. The zero-order chi connectivity index (χ0) is 23.3. The van der Waals surface area contributed by atoms with Crippen molar-refractivity contribution in [2.24, 2.45) is 5.92 Å². The van der Waals surface area contributed by atoms with Crippen LogP contribution < -0.4 is 4.74 Å². The van der Waals surface area contributed by atoms with Crippen molar-refractivity contribution in [3.63, 3.8) is 0 Å². The molecule has 1 aliphatic heterocycles. The summed E-state index contributed by atoms with van der Waals surface area (Å²) in [7, 11) is -4.04. The van der Waals surface area contributed by atoms with Gasteiger partial charge in [0.25, 0.3) is 5.69 Å². The van der Waals surface area contributed by atoms with Crippen LogP contribution in [0.3, 0.4) is 0 Å². The van der Waals surface area contributed by atoms with E-state index in [2.05, 4.69) is 0 Å². The van der Waals surface area contributed by atoms with Crippen LogP contribution in [0.1, 0.15) is 12.8 Å². The van der Waals surface area contributed by atoms with Crippen LogP contribution in [0.15, 0.2) is 47.4 Å². The van der Waals surface area contributed by atoms with Crippen LogP contribution in [0.4, 0.5) is 5.69 Å². The van der Waals surface area contributed by atoms with E-state index in [4.69, 9.17) is 32.7 Å². The molecule has 1 fully saturated rings. The Morgan fingerprint density at radius 2 is 1.84 bits per heavy atom. The lowest BCUT2D eigenvalue weighted by molar-refractivity contribution is -0.385. The molecule has 0 aliphatic carbocycles. The van der Waals surface area contributed by atoms with Gasteiger partial charge in [-0.15, -0.1) is 0 Å². The van der Waals surface area contributed by atoms with E-state index in [1.807, 2.05) is 0 Å². The van der Waals surface area contributed by atoms with Crippen LogP contribution in [-0.2, 0) is 19.6 Å². The third kappa shape index (κ3) is 5.89. The monoisotopic (exact) mass is 502 g/mol. The maximum atomic E-state index is 12.9. The first-order valence-electron chi connectivity index (χ1n) is 9.67. The fourth-order valence-electron chi connectivity index (χ4n) is 3.25. The molecule has 9 nitrogen and oxygen atoms in total. The number of nitro groups is 1. The highest BCUT2D eigenvalue weighted by molar-refractivity contribution is 7.89. The highest BCUT2D eigenvalue weighted by Gasteiger charge is 2.34. The first-order chi connectivity index (χ1) is 15.2. The number of piperidine rings is 1. The number of benzene rings is 2. The molecular formula is C20H20Cl2N2O7S. The molecular weight excluding hydrogens is 483 g/mol. The lowest BCUT2D eigenvalue weighted by Crippen LogP contribution is -2.40. The highest BCUT2D eigenvalue weighted by Crippen LogP contribution is 2.31. The number of carbonyl (C=O) groups is 1. The van der Waals surface area contributed by atoms with E-state index >= 15 is 0 Å². The summed E-state index contributed by atoms with van der Waals surface area (Å²) in [6.45, 7) is 0.345. The number of esters is 1. The Bertz CT molecular complexity index is 1100. The Morgan fingerprint density at radius 1 is 1.12 bits per heavy atom. The van der Waals surface area contributed by atoms with Gasteiger partial charge in [0.15, 0.2) is 0 Å². The Balaban J connectivity index is 1.51. The Kier molecular flexibility index (Phi) is 7.94. The molecule has 172 valence electrons. The summed E-state index contributed by atoms with van der Waals surface area (Å²) in [6, 6.07) is 10.1. The third-order valence-corrected chi connectivity index (χ3v) is 7.54. The second-order valence-corrected chi connectivity index (χ2v) is 9.77. The lowest BCUT2D eigenvalue weighted by Gasteiger charge is -2.30. The van der Waals surface area contributed by atoms with Gasteiger partial charge in [0.1, 0.15) is 23.9 Å². The van der Waals surface area contributed by atoms with Crippen molar-refractivity contribution >= 4 is 44.9 Å². The molecule has 2 aromatic rings. The summed E-state index contributed by atoms with van der Waals surface area (Å²) in [6.07, 6.45) is 0.527. The predicted octanol–water partition coefficient (Wildman–Crippen LogP) is 3.92. The van der Waals surface area contributed by atoms with Crippen LogP contribution in [0, 0.1) is 16.0 Å². The van der Waals surface area contributed by atoms with Gasteiger partial charge in [-0.05, 0) is 37.1 Å². The first kappa shape index (κ1) is 24.2. The maximum Gasteiger partial charge on any atom is 0.309 e. The van der Waals surface area contributed by atoms with E-state index in [-0.39, 0.29) is 54.8 Å². The van der Waals surface area contributed by atoms with Crippen molar-refractivity contribution in [1.82, 2.24) is 4.31 Å². The number of non-ortho nitro benzene ring substituents is 1. The Hall–Kier alpha value is -2.40. The number of rotatable bonds is 8. The molecule has 0 unspecified atom stereocenters. The molecule has 3 rings (SSSR count). The largest absolute Gasteiger partial charge is 0.490 e. The third-order valence-electron chi connectivity index (χ3n) is 4.92. The number of hydrogen-bond donors (Lipinski definition) is 0. The molecule has 12 heteroatoms. The minimum atomic E-state index is -4.04. The zero-order valence-corrected chi connectivity index (χ0v) is 19.1. The second-order valence-electron chi connectivity index (χ2n) is 7.02. The zero-order valence-electron chi connectivity index (χ0n) is 16.8. The van der Waals surface area contributed by atoms with E-state index in [1.165, 1.54) is 10.4 Å². The molecule has 0 saturated carbocycles. The van der Waals surface area contributed by atoms with Crippen molar-refractivity contribution < 1.29 is 27.6 Å². The number of sulfonamides is 1. The van der Waals surface area contributed by atoms with E-state index < -0.39 is 26.8 Å². The van der Waals surface area contributed by atoms with Crippen molar-refractivity contribution in [3.8, 4) is 5.75 Å². The number of halogens is 2. The van der Waals surface area contributed by atoms with Crippen LogP contribution in [0.2, 0.25) is 10.0 Å². The highest BCUT2D eigenvalue weighted by atomic mass is 35.5. The quantitative estimate of drug-likeness (QED) is 0.232. The average molecular weight is 503 g/mol. The maximum absolute atomic E-state index is 12.9. The molecule has 2 aromatic carbocycles. The van der Waals surface area contributed by atoms with Crippen LogP contribution >= 0.6 is 23.2 Å². The average Bonchev–Trinajstić information content (AvgIpc) is 2.76. The van der Waals surface area contributed by atoms with Gasteiger partial charge >= 0.3 is 5.97 Å². The molecule has 0 bridgehead atoms. The Labute approximate surface area is 195 Å². The van der Waals surface area contributed by atoms with Crippen molar-refractivity contribution in [3.05, 3.63) is 62.6 Å². The van der Waals surface area contributed by atoms with Crippen LogP contribution in [0.5, 0.6) is 5.75 Å². The summed E-state index contributed by atoms with van der Waals surface area (Å²) >= 11 is 11.9. The first-order valence-corrected chi connectivity index (χ1v) is 11.9. The topological polar surface area (TPSA) is 116 Å². The number of nitro benzene ring substituents is 1. The van der Waals surface area contributed by atoms with Crippen molar-refractivity contribution in [2.75, 3.05) is 26.3 Å². The number of ether oxygens (including phenoxy) is 2. The van der Waals surface area contributed by atoms with Crippen LogP contribution in [-0.4, -0.2) is 49.9 Å². The summed E-state index contributed by atoms with van der Waals surface area (Å²) in [4.78, 5) is 22.3. The van der Waals surface area contributed by atoms with Gasteiger partial charge in [-0.1, -0.05) is 29.3 Å². The fourth-order valence-corrected chi connectivity index (χ4v) is 5.39. The molecule has 0 spiro atoms. The minimum absolute atomic E-state index is 0.0488. The smallest absolute Gasteiger partial charge is 0.309 e. The molecule has 0 radical (unpaired) electrons. The van der Waals surface area contributed by atoms with Gasteiger partial charge in [-0.2, -0.15) is 4.31 Å². The van der Waals surface area contributed by atoms with Gasteiger partial charge in [-0.3, -0.25) is 14.9 Å². The Morgan fingerprint density at radius 3 is 2.50 bits per heavy atom. The van der Waals surface area contributed by atoms with Gasteiger partial charge < -0.3 is 9.47 Å². The minimum Gasteiger partial charge on any atom is -0.490 e. The van der Waals surface area contributed by atoms with Gasteiger partial charge in [0.05, 0.1) is 15.9 Å². The molecule has 0 aromatic heterocycles. The molecule has 0 atom stereocenters. The fraction of sp³-hybridized carbons (Fsp3) is 0.350. The van der Waals surface area contributed by atoms with Gasteiger partial charge in [0, 0.05) is 30.2 Å². The van der Waals surface area contributed by atoms with Crippen LogP contribution in [0.25, 0.3) is 0 Å². The predicted molar refractivity (Wildman–Crippen MR) is 117 cm³/mol. The SMILES string of the molecule is O=C(OCCOc1cccc(Cl)c1)C1CCN(S(=O)(=O)c2cc([N+](=O)[O-])ccc2Cl)CC1. The standard InChI is InChI=1S/C20H20Cl2N2O7S/c21-15-2-1-3-17(12-15)30-10-11-31-20(25)14-6-8-23(9-7-14)32(28,29)19-13-16(24(26)27)4-5-18(19)22/h1-5,12-14H,6-11H2. The molecule has 1 saturated heterocycles.